The molecule has 0 spiro atoms. The predicted octanol–water partition coefficient (Wildman–Crippen LogP) is 6.72. The molecule has 4 heterocycles. The van der Waals surface area contributed by atoms with E-state index in [0.29, 0.717) is 35.8 Å². The first-order valence-electron chi connectivity index (χ1n) is 14.6. The first-order chi connectivity index (χ1) is 20.9. The maximum Gasteiger partial charge on any atom is 0.292 e. The topological polar surface area (TPSA) is 116 Å². The number of nitrogens with one attached hydrogen (secondary N) is 1. The van der Waals surface area contributed by atoms with Gasteiger partial charge in [0.15, 0.2) is 16.9 Å². The summed E-state index contributed by atoms with van der Waals surface area (Å²) in [5.74, 6) is 0.0839. The SMILES string of the molecule is CC1N=N[N+](C(c2ccccc2)C2CCN(C(=O)c3cc(-c4cc5cc(NC(=O)C6(F)CC6)ccc5o4)ccn3)CC2)=N1. The lowest BCUT2D eigenvalue weighted by molar-refractivity contribution is -0.647. The first kappa shape index (κ1) is 27.1. The van der Waals surface area contributed by atoms with E-state index >= 15 is 0 Å². The Morgan fingerprint density at radius 2 is 1.86 bits per heavy atom. The summed E-state index contributed by atoms with van der Waals surface area (Å²) in [4.78, 5) is 33.6. The van der Waals surface area contributed by atoms with E-state index in [4.69, 9.17) is 4.42 Å². The molecule has 2 aliphatic heterocycles. The number of nitrogens with zero attached hydrogens (tertiary/aromatic N) is 6. The van der Waals surface area contributed by atoms with Gasteiger partial charge in [0.25, 0.3) is 18.0 Å². The first-order valence-corrected chi connectivity index (χ1v) is 14.6. The standard InChI is InChI=1S/C32H30FN7O3/c1-20-36-38-40(37-20)29(21-5-3-2-4-6-21)22-10-15-39(16-11-22)30(41)26-18-23(9-14-34-26)28-19-24-17-25(7-8-27(24)43-28)35-31(42)32(33)12-13-32/h2-9,14,17-20,22,29H,10-13,15-16H2,1H3/p+1. The molecule has 2 fully saturated rings. The Morgan fingerprint density at radius 1 is 1.07 bits per heavy atom. The number of rotatable bonds is 7. The molecule has 2 amide bonds. The summed E-state index contributed by atoms with van der Waals surface area (Å²) >= 11 is 0. The van der Waals surface area contributed by atoms with E-state index in [0.717, 1.165) is 29.4 Å². The van der Waals surface area contributed by atoms with Gasteiger partial charge in [0.2, 0.25) is 0 Å². The summed E-state index contributed by atoms with van der Waals surface area (Å²) in [6.07, 6.45) is 3.52. The van der Waals surface area contributed by atoms with Crippen LogP contribution in [0.25, 0.3) is 22.3 Å². The Kier molecular flexibility index (Phi) is 6.79. The number of hydrogen-bond donors (Lipinski definition) is 1. The number of pyridine rings is 1. The van der Waals surface area contributed by atoms with Crippen LogP contribution in [0.4, 0.5) is 10.1 Å². The third-order valence-corrected chi connectivity index (χ3v) is 8.39. The number of aromatic nitrogens is 1. The van der Waals surface area contributed by atoms with Crippen LogP contribution in [-0.4, -0.2) is 51.4 Å². The molecule has 1 saturated heterocycles. The Labute approximate surface area is 247 Å². The van der Waals surface area contributed by atoms with Crippen molar-refractivity contribution in [2.24, 2.45) is 21.4 Å². The number of alkyl halides is 1. The van der Waals surface area contributed by atoms with Crippen LogP contribution in [0.1, 0.15) is 54.7 Å². The third kappa shape index (κ3) is 5.42. The van der Waals surface area contributed by atoms with Gasteiger partial charge in [-0.1, -0.05) is 30.3 Å². The van der Waals surface area contributed by atoms with Crippen molar-refractivity contribution in [3.05, 3.63) is 84.2 Å². The minimum Gasteiger partial charge on any atom is -0.456 e. The van der Waals surface area contributed by atoms with Gasteiger partial charge in [0.05, 0.1) is 5.11 Å². The maximum atomic E-state index is 14.1. The van der Waals surface area contributed by atoms with Gasteiger partial charge in [0, 0.05) is 54.3 Å². The lowest BCUT2D eigenvalue weighted by Crippen LogP contribution is -2.41. The van der Waals surface area contributed by atoms with E-state index < -0.39 is 11.6 Å². The highest BCUT2D eigenvalue weighted by Gasteiger charge is 2.50. The molecule has 1 saturated carbocycles. The van der Waals surface area contributed by atoms with Crippen molar-refractivity contribution in [2.45, 2.75) is 50.5 Å². The van der Waals surface area contributed by atoms with Crippen LogP contribution in [-0.2, 0) is 4.79 Å². The molecule has 2 atom stereocenters. The molecule has 0 radical (unpaired) electrons. The lowest BCUT2D eigenvalue weighted by Gasteiger charge is -2.34. The van der Waals surface area contributed by atoms with Crippen LogP contribution in [0.2, 0.25) is 0 Å². The second kappa shape index (κ2) is 10.8. The summed E-state index contributed by atoms with van der Waals surface area (Å²) in [7, 11) is 0. The van der Waals surface area contributed by atoms with Crippen LogP contribution in [0.5, 0.6) is 0 Å². The van der Waals surface area contributed by atoms with Gasteiger partial charge in [-0.25, -0.2) is 4.39 Å². The molecule has 43 heavy (non-hydrogen) atoms. The summed E-state index contributed by atoms with van der Waals surface area (Å²) in [5, 5.41) is 16.5. The van der Waals surface area contributed by atoms with E-state index in [-0.39, 0.29) is 36.9 Å². The Balaban J connectivity index is 1.05. The van der Waals surface area contributed by atoms with Gasteiger partial charge < -0.3 is 14.6 Å². The van der Waals surface area contributed by atoms with Gasteiger partial charge in [0.1, 0.15) is 17.0 Å². The number of carbonyl (C=O) groups excluding carboxylic acids is 2. The summed E-state index contributed by atoms with van der Waals surface area (Å²) < 4.78 is 20.1. The normalized spacial score (nSPS) is 20.2. The van der Waals surface area contributed by atoms with Crippen LogP contribution in [0, 0.1) is 5.92 Å². The third-order valence-electron chi connectivity index (χ3n) is 8.39. The second-order valence-electron chi connectivity index (χ2n) is 11.5. The zero-order chi connectivity index (χ0) is 29.6. The molecule has 10 nitrogen and oxygen atoms in total. The van der Waals surface area contributed by atoms with Gasteiger partial charge in [-0.05, 0) is 72.0 Å². The quantitative estimate of drug-likeness (QED) is 0.244. The lowest BCUT2D eigenvalue weighted by atomic mass is 9.85. The Hall–Kier alpha value is -4.80. The van der Waals surface area contributed by atoms with Crippen LogP contribution < -0.4 is 5.32 Å². The zero-order valence-electron chi connectivity index (χ0n) is 23.7. The molecule has 3 aliphatic rings. The molecular weight excluding hydrogens is 549 g/mol. The highest BCUT2D eigenvalue weighted by atomic mass is 19.1. The van der Waals surface area contributed by atoms with Crippen molar-refractivity contribution >= 4 is 28.5 Å². The number of hydrogen-bond acceptors (Lipinski definition) is 7. The summed E-state index contributed by atoms with van der Waals surface area (Å²) in [6.45, 7) is 3.10. The van der Waals surface area contributed by atoms with Crippen LogP contribution in [0.15, 0.2) is 92.8 Å². The number of benzene rings is 2. The number of halogens is 1. The minimum absolute atomic E-state index is 0.0395. The largest absolute Gasteiger partial charge is 0.456 e. The fourth-order valence-electron chi connectivity index (χ4n) is 5.84. The fraction of sp³-hybridized carbons (Fsp3) is 0.344. The van der Waals surface area contributed by atoms with E-state index in [9.17, 15) is 14.0 Å². The molecule has 11 heteroatoms. The molecule has 2 aromatic heterocycles. The Bertz CT molecular complexity index is 1760. The molecule has 0 bridgehead atoms. The molecule has 7 rings (SSSR count). The molecule has 1 aliphatic carbocycles. The number of likely N-dealkylation sites (tertiary alicyclic amines) is 1. The van der Waals surface area contributed by atoms with Gasteiger partial charge in [-0.3, -0.25) is 14.6 Å². The number of carbonyl (C=O) groups is 2. The molecule has 2 aromatic carbocycles. The van der Waals surface area contributed by atoms with Crippen molar-refractivity contribution in [3.63, 3.8) is 0 Å². The van der Waals surface area contributed by atoms with Crippen molar-refractivity contribution in [2.75, 3.05) is 18.4 Å². The summed E-state index contributed by atoms with van der Waals surface area (Å²) in [6, 6.07) is 20.7. The zero-order valence-corrected chi connectivity index (χ0v) is 23.7. The number of anilines is 1. The van der Waals surface area contributed by atoms with Crippen LogP contribution in [0.3, 0.4) is 0 Å². The van der Waals surface area contributed by atoms with E-state index in [2.05, 4.69) is 37.9 Å². The highest BCUT2D eigenvalue weighted by Crippen LogP contribution is 2.41. The van der Waals surface area contributed by atoms with Gasteiger partial charge in [-0.2, -0.15) is 0 Å². The number of furan rings is 1. The number of amides is 2. The fourth-order valence-corrected chi connectivity index (χ4v) is 5.84. The van der Waals surface area contributed by atoms with Crippen LogP contribution >= 0.6 is 0 Å². The smallest absolute Gasteiger partial charge is 0.292 e. The average Bonchev–Trinajstić information content (AvgIpc) is 3.43. The number of azo groups is 1. The van der Waals surface area contributed by atoms with E-state index in [1.54, 1.807) is 41.3 Å². The molecular formula is C32H31FN7O3+. The van der Waals surface area contributed by atoms with Gasteiger partial charge >= 0.3 is 0 Å². The Morgan fingerprint density at radius 3 is 2.58 bits per heavy atom. The summed E-state index contributed by atoms with van der Waals surface area (Å²) in [5.41, 5.74) is 1.58. The molecule has 2 unspecified atom stereocenters. The minimum atomic E-state index is -1.75. The van der Waals surface area contributed by atoms with Crippen molar-refractivity contribution in [3.8, 4) is 11.3 Å². The van der Waals surface area contributed by atoms with E-state index in [1.165, 1.54) is 0 Å². The monoisotopic (exact) mass is 580 g/mol. The predicted molar refractivity (Wildman–Crippen MR) is 156 cm³/mol. The highest BCUT2D eigenvalue weighted by molar-refractivity contribution is 6.00. The maximum absolute atomic E-state index is 14.1. The molecule has 1 N–H and O–H groups in total. The van der Waals surface area contributed by atoms with Crippen molar-refractivity contribution in [1.29, 1.82) is 0 Å². The van der Waals surface area contributed by atoms with Gasteiger partial charge in [-0.15, -0.1) is 0 Å². The second-order valence-corrected chi connectivity index (χ2v) is 11.5. The number of fused-ring (bicyclic) bond motifs is 1. The molecule has 218 valence electrons. The average molecular weight is 581 g/mol. The molecule has 4 aromatic rings. The van der Waals surface area contributed by atoms with Crippen molar-refractivity contribution < 1.29 is 23.2 Å². The van der Waals surface area contributed by atoms with Crippen molar-refractivity contribution in [1.82, 2.24) is 9.88 Å². The van der Waals surface area contributed by atoms with E-state index in [1.807, 2.05) is 36.1 Å². The number of piperidine rings is 1.